The summed E-state index contributed by atoms with van der Waals surface area (Å²) in [7, 11) is 2.74. The largest absolute Gasteiger partial charge is 0.493 e. The van der Waals surface area contributed by atoms with Crippen LogP contribution >= 0.6 is 0 Å². The summed E-state index contributed by atoms with van der Waals surface area (Å²) in [6, 6.07) is 9.36. The highest BCUT2D eigenvalue weighted by Gasteiger charge is 2.50. The first kappa shape index (κ1) is 37.4. The van der Waals surface area contributed by atoms with Crippen molar-refractivity contribution in [1.82, 2.24) is 0 Å². The Labute approximate surface area is 281 Å². The Kier molecular flexibility index (Phi) is 11.9. The lowest BCUT2D eigenvalue weighted by molar-refractivity contribution is -0.277. The van der Waals surface area contributed by atoms with Gasteiger partial charge in [0.2, 0.25) is 12.6 Å². The second-order valence-corrected chi connectivity index (χ2v) is 12.3. The maximum Gasteiger partial charge on any atom is 0.229 e. The number of aliphatic hydroxyl groups is 10. The van der Waals surface area contributed by atoms with Gasteiger partial charge in [-0.15, -0.1) is 0 Å². The minimum Gasteiger partial charge on any atom is -0.493 e. The molecule has 2 aromatic rings. The molecular weight excluding hydrogens is 656 g/mol. The fraction of sp³-hybridized carbons (Fsp3) is 0.625. The van der Waals surface area contributed by atoms with E-state index in [0.29, 0.717) is 11.1 Å². The normalized spacial score (nSPS) is 37.9. The second-order valence-electron chi connectivity index (χ2n) is 12.3. The van der Waals surface area contributed by atoms with Gasteiger partial charge in [-0.1, -0.05) is 12.1 Å². The molecule has 3 aliphatic heterocycles. The van der Waals surface area contributed by atoms with Crippen molar-refractivity contribution < 1.29 is 84.2 Å². The molecule has 3 saturated heterocycles. The summed E-state index contributed by atoms with van der Waals surface area (Å²) in [4.78, 5) is 0. The molecule has 0 spiro atoms. The van der Waals surface area contributed by atoms with E-state index < -0.39 is 98.9 Å². The summed E-state index contributed by atoms with van der Waals surface area (Å²) in [5.74, 6) is -0.244. The van der Waals surface area contributed by atoms with Gasteiger partial charge in [-0.3, -0.25) is 0 Å². The summed E-state index contributed by atoms with van der Waals surface area (Å²) in [5, 5.41) is 102. The van der Waals surface area contributed by atoms with Crippen LogP contribution in [-0.4, -0.2) is 159 Å². The smallest absolute Gasteiger partial charge is 0.229 e. The van der Waals surface area contributed by atoms with Gasteiger partial charge in [0.1, 0.15) is 48.8 Å². The monoisotopic (exact) mass is 700 g/mol. The van der Waals surface area contributed by atoms with E-state index in [2.05, 4.69) is 0 Å². The maximum absolute atomic E-state index is 11.7. The van der Waals surface area contributed by atoms with Crippen LogP contribution in [-0.2, 0) is 20.6 Å². The van der Waals surface area contributed by atoms with Gasteiger partial charge in [-0.2, -0.15) is 0 Å². The third kappa shape index (κ3) is 7.45. The van der Waals surface area contributed by atoms with E-state index >= 15 is 0 Å². The second kappa shape index (κ2) is 15.6. The van der Waals surface area contributed by atoms with Crippen molar-refractivity contribution in [2.24, 2.45) is 5.92 Å². The Morgan fingerprint density at radius 2 is 1.16 bits per heavy atom. The first-order chi connectivity index (χ1) is 23.4. The zero-order chi connectivity index (χ0) is 35.6. The molecule has 0 aromatic heterocycles. The van der Waals surface area contributed by atoms with Crippen LogP contribution in [0.25, 0.3) is 0 Å². The Balaban J connectivity index is 1.30. The summed E-state index contributed by atoms with van der Waals surface area (Å²) in [5.41, 5.74) is -0.457. The van der Waals surface area contributed by atoms with Crippen LogP contribution in [0.5, 0.6) is 23.0 Å². The number of aliphatic hydroxyl groups excluding tert-OH is 9. The van der Waals surface area contributed by atoms with Gasteiger partial charge in [-0.05, 0) is 35.4 Å². The van der Waals surface area contributed by atoms with Gasteiger partial charge in [0.25, 0.3) is 0 Å². The highest BCUT2D eigenvalue weighted by Crippen LogP contribution is 2.45. The minimum absolute atomic E-state index is 0.0147. The average Bonchev–Trinajstić information content (AvgIpc) is 3.44. The van der Waals surface area contributed by atoms with Gasteiger partial charge in [0, 0.05) is 12.3 Å². The highest BCUT2D eigenvalue weighted by molar-refractivity contribution is 5.45. The minimum atomic E-state index is -1.64. The Bertz CT molecular complexity index is 1390. The Morgan fingerprint density at radius 3 is 1.65 bits per heavy atom. The van der Waals surface area contributed by atoms with E-state index in [9.17, 15) is 51.1 Å². The van der Waals surface area contributed by atoms with Crippen LogP contribution in [0.3, 0.4) is 0 Å². The molecule has 0 amide bonds. The number of hydrogen-bond donors (Lipinski definition) is 10. The van der Waals surface area contributed by atoms with E-state index in [-0.39, 0.29) is 36.0 Å². The molecular formula is C32H44O17. The maximum atomic E-state index is 11.7. The zero-order valence-corrected chi connectivity index (χ0v) is 26.8. The van der Waals surface area contributed by atoms with Crippen molar-refractivity contribution in [3.8, 4) is 23.0 Å². The van der Waals surface area contributed by atoms with Crippen molar-refractivity contribution in [1.29, 1.82) is 0 Å². The van der Waals surface area contributed by atoms with E-state index in [0.717, 1.165) is 0 Å². The van der Waals surface area contributed by atoms with Crippen molar-refractivity contribution >= 4 is 0 Å². The van der Waals surface area contributed by atoms with Gasteiger partial charge in [-0.25, -0.2) is 0 Å². The van der Waals surface area contributed by atoms with Gasteiger partial charge in [0.05, 0.1) is 52.4 Å². The van der Waals surface area contributed by atoms with E-state index in [1.165, 1.54) is 26.4 Å². The molecule has 3 fully saturated rings. The molecule has 274 valence electrons. The molecule has 3 aliphatic rings. The van der Waals surface area contributed by atoms with Crippen molar-refractivity contribution in [3.05, 3.63) is 47.5 Å². The molecule has 0 aliphatic carbocycles. The third-order valence-corrected chi connectivity index (χ3v) is 9.20. The Hall–Kier alpha value is -2.88. The van der Waals surface area contributed by atoms with Crippen molar-refractivity contribution in [3.63, 3.8) is 0 Å². The molecule has 49 heavy (non-hydrogen) atoms. The molecule has 0 radical (unpaired) electrons. The van der Waals surface area contributed by atoms with Crippen molar-refractivity contribution in [2.75, 3.05) is 40.6 Å². The van der Waals surface area contributed by atoms with Gasteiger partial charge >= 0.3 is 0 Å². The first-order valence-electron chi connectivity index (χ1n) is 15.6. The van der Waals surface area contributed by atoms with E-state index in [4.69, 9.17) is 33.2 Å². The van der Waals surface area contributed by atoms with E-state index in [1.54, 1.807) is 24.3 Å². The summed E-state index contributed by atoms with van der Waals surface area (Å²) in [6.45, 7) is -1.86. The molecule has 10 N–H and O–H groups in total. The van der Waals surface area contributed by atoms with Gasteiger partial charge in [0.15, 0.2) is 23.0 Å². The topological polar surface area (TPSA) is 267 Å². The highest BCUT2D eigenvalue weighted by atomic mass is 16.7. The number of rotatable bonds is 12. The molecule has 5 rings (SSSR count). The predicted molar refractivity (Wildman–Crippen MR) is 163 cm³/mol. The van der Waals surface area contributed by atoms with Crippen LogP contribution in [0, 0.1) is 5.92 Å². The summed E-state index contributed by atoms with van der Waals surface area (Å²) >= 11 is 0. The number of hydrogen-bond acceptors (Lipinski definition) is 17. The van der Waals surface area contributed by atoms with Crippen LogP contribution in [0.1, 0.15) is 17.2 Å². The van der Waals surface area contributed by atoms with Gasteiger partial charge < -0.3 is 84.2 Å². The molecule has 13 atom stereocenters. The Morgan fingerprint density at radius 1 is 0.653 bits per heavy atom. The molecule has 17 nitrogen and oxygen atoms in total. The molecule has 17 heteroatoms. The lowest BCUT2D eigenvalue weighted by Gasteiger charge is -2.39. The van der Waals surface area contributed by atoms with Crippen LogP contribution in [0.15, 0.2) is 36.4 Å². The summed E-state index contributed by atoms with van der Waals surface area (Å²) < 4.78 is 39.2. The molecule has 2 aromatic carbocycles. The fourth-order valence-corrected chi connectivity index (χ4v) is 6.33. The number of benzene rings is 2. The zero-order valence-electron chi connectivity index (χ0n) is 26.8. The quantitative estimate of drug-likeness (QED) is 0.104. The molecule has 0 bridgehead atoms. The van der Waals surface area contributed by atoms with E-state index in [1.807, 2.05) is 0 Å². The van der Waals surface area contributed by atoms with Crippen molar-refractivity contribution in [2.45, 2.75) is 79.5 Å². The SMILES string of the molecule is COc1cc(C[C@]2(O)CO[C@H](c3ccc(O[C@H]4O[C@H](CO)[C@@H](O)[C@H](O)[C@H]4O)c(OC)c3)[C@H]2CO)ccc1O[C@H]1O[C@H](CO)[C@@H](O)[C@H](O)[C@H]1O. The molecule has 0 unspecified atom stereocenters. The molecule has 0 saturated carbocycles. The first-order valence-corrected chi connectivity index (χ1v) is 15.6. The van der Waals surface area contributed by atoms with Crippen LogP contribution < -0.4 is 18.9 Å². The van der Waals surface area contributed by atoms with Crippen LogP contribution in [0.2, 0.25) is 0 Å². The predicted octanol–water partition coefficient (Wildman–Crippen LogP) is -3.29. The fourth-order valence-electron chi connectivity index (χ4n) is 6.33. The standard InChI is InChI=1S/C32H44O17/c1-43-19-7-14(3-5-17(19)46-30-27(40)25(38)23(36)21(11-34)48-30)9-32(42)13-45-29(16(32)10-33)15-4-6-18(20(8-15)44-2)47-31-28(41)26(39)24(37)22(12-35)49-31/h3-8,16,21-31,33-42H,9-13H2,1-2H3/t16-,21-,22-,23-,24-,25+,26+,27-,28-,29-,30+,31+,32+/m1/s1. The number of ether oxygens (including phenoxy) is 7. The summed E-state index contributed by atoms with van der Waals surface area (Å²) in [6.07, 6.45) is -15.6. The number of methoxy groups -OCH3 is 2. The lowest BCUT2D eigenvalue weighted by Crippen LogP contribution is -2.60. The molecule has 3 heterocycles. The lowest BCUT2D eigenvalue weighted by atomic mass is 9.80. The third-order valence-electron chi connectivity index (χ3n) is 9.20. The van der Waals surface area contributed by atoms with Crippen LogP contribution in [0.4, 0.5) is 0 Å². The average molecular weight is 701 g/mol.